The summed E-state index contributed by atoms with van der Waals surface area (Å²) in [6.45, 7) is 2.52. The maximum Gasteiger partial charge on any atom is 0.146 e. The van der Waals surface area contributed by atoms with E-state index in [-0.39, 0.29) is 5.82 Å². The molecule has 0 aliphatic carbocycles. The van der Waals surface area contributed by atoms with Crippen LogP contribution in [0.3, 0.4) is 0 Å². The van der Waals surface area contributed by atoms with Crippen molar-refractivity contribution in [2.75, 3.05) is 24.5 Å². The second-order valence-electron chi connectivity index (χ2n) is 4.69. The fourth-order valence-corrected chi connectivity index (χ4v) is 2.57. The lowest BCUT2D eigenvalue weighted by Gasteiger charge is -2.26. The molecule has 17 heavy (non-hydrogen) atoms. The summed E-state index contributed by atoms with van der Waals surface area (Å²) in [4.78, 5) is 2.20. The van der Waals surface area contributed by atoms with Crippen LogP contribution in [0.25, 0.3) is 0 Å². The lowest BCUT2D eigenvalue weighted by molar-refractivity contribution is 0.613. The van der Waals surface area contributed by atoms with Gasteiger partial charge in [0.2, 0.25) is 0 Å². The molecule has 1 saturated heterocycles. The van der Waals surface area contributed by atoms with Crippen molar-refractivity contribution in [2.24, 2.45) is 5.73 Å². The van der Waals surface area contributed by atoms with Crippen LogP contribution in [0.1, 0.15) is 31.2 Å². The summed E-state index contributed by atoms with van der Waals surface area (Å²) >= 11 is 0. The number of nitrogens with two attached hydrogens (primary N) is 1. The number of hydrogen-bond acceptors (Lipinski definition) is 2. The van der Waals surface area contributed by atoms with Gasteiger partial charge in [0.25, 0.3) is 0 Å². The third kappa shape index (κ3) is 2.97. The van der Waals surface area contributed by atoms with Gasteiger partial charge in [0.05, 0.1) is 5.69 Å². The molecule has 94 valence electrons. The van der Waals surface area contributed by atoms with Crippen molar-refractivity contribution in [1.29, 1.82) is 0 Å². The summed E-state index contributed by atoms with van der Waals surface area (Å²) in [5.41, 5.74) is 7.44. The van der Waals surface area contributed by atoms with Crippen molar-refractivity contribution in [2.45, 2.75) is 32.1 Å². The molecule has 2 rings (SSSR count). The Kier molecular flexibility index (Phi) is 4.37. The number of nitrogens with zero attached hydrogens (tertiary/aromatic N) is 1. The normalized spacial score (nSPS) is 16.9. The summed E-state index contributed by atoms with van der Waals surface area (Å²) < 4.78 is 14.0. The van der Waals surface area contributed by atoms with Gasteiger partial charge in [-0.2, -0.15) is 0 Å². The van der Waals surface area contributed by atoms with E-state index in [4.69, 9.17) is 5.73 Å². The van der Waals surface area contributed by atoms with Crippen molar-refractivity contribution in [3.63, 3.8) is 0 Å². The minimum atomic E-state index is -0.0992. The molecule has 0 aromatic heterocycles. The van der Waals surface area contributed by atoms with Crippen LogP contribution in [0.4, 0.5) is 10.1 Å². The summed E-state index contributed by atoms with van der Waals surface area (Å²) in [5, 5.41) is 0. The Morgan fingerprint density at radius 3 is 2.47 bits per heavy atom. The molecule has 0 amide bonds. The predicted octanol–water partition coefficient (Wildman–Crippen LogP) is 2.71. The summed E-state index contributed by atoms with van der Waals surface area (Å²) in [6, 6.07) is 5.33. The highest BCUT2D eigenvalue weighted by atomic mass is 19.1. The topological polar surface area (TPSA) is 29.3 Å². The first-order valence-electron chi connectivity index (χ1n) is 6.55. The summed E-state index contributed by atoms with van der Waals surface area (Å²) in [5.74, 6) is -0.0992. The van der Waals surface area contributed by atoms with Crippen LogP contribution in [0.15, 0.2) is 18.2 Å². The molecule has 2 N–H and O–H groups in total. The summed E-state index contributed by atoms with van der Waals surface area (Å²) in [6.07, 6.45) is 5.60. The van der Waals surface area contributed by atoms with Crippen molar-refractivity contribution in [3.8, 4) is 0 Å². The molecule has 0 radical (unpaired) electrons. The largest absolute Gasteiger partial charge is 0.369 e. The average Bonchev–Trinajstić information content (AvgIpc) is 2.58. The number of halogens is 1. The monoisotopic (exact) mass is 236 g/mol. The second-order valence-corrected chi connectivity index (χ2v) is 4.69. The lowest BCUT2D eigenvalue weighted by atomic mass is 10.1. The fourth-order valence-electron chi connectivity index (χ4n) is 2.57. The first-order valence-corrected chi connectivity index (χ1v) is 6.55. The van der Waals surface area contributed by atoms with E-state index in [0.717, 1.165) is 43.6 Å². The number of anilines is 1. The molecule has 3 heteroatoms. The van der Waals surface area contributed by atoms with Crippen molar-refractivity contribution in [1.82, 2.24) is 0 Å². The molecule has 0 spiro atoms. The van der Waals surface area contributed by atoms with Gasteiger partial charge in [-0.3, -0.25) is 0 Å². The second kappa shape index (κ2) is 6.01. The Hall–Kier alpha value is -1.09. The molecule has 1 aromatic carbocycles. The number of rotatable bonds is 3. The first kappa shape index (κ1) is 12.4. The van der Waals surface area contributed by atoms with Gasteiger partial charge in [-0.05, 0) is 37.4 Å². The fraction of sp³-hybridized carbons (Fsp3) is 0.571. The van der Waals surface area contributed by atoms with Crippen LogP contribution >= 0.6 is 0 Å². The molecule has 0 unspecified atom stereocenters. The molecule has 1 fully saturated rings. The Labute approximate surface area is 103 Å². The van der Waals surface area contributed by atoms with Crippen LogP contribution in [-0.2, 0) is 6.42 Å². The van der Waals surface area contributed by atoms with Gasteiger partial charge in [-0.1, -0.05) is 25.0 Å². The highest BCUT2D eigenvalue weighted by Gasteiger charge is 2.16. The molecule has 1 aliphatic rings. The minimum absolute atomic E-state index is 0.0992. The molecular weight excluding hydrogens is 215 g/mol. The highest BCUT2D eigenvalue weighted by Crippen LogP contribution is 2.27. The molecule has 2 nitrogen and oxygen atoms in total. The lowest BCUT2D eigenvalue weighted by Crippen LogP contribution is -2.26. The third-order valence-electron chi connectivity index (χ3n) is 3.41. The van der Waals surface area contributed by atoms with Crippen molar-refractivity contribution in [3.05, 3.63) is 29.6 Å². The Morgan fingerprint density at radius 1 is 1.12 bits per heavy atom. The molecular formula is C14H21FN2. The molecule has 0 saturated carbocycles. The summed E-state index contributed by atoms with van der Waals surface area (Å²) in [7, 11) is 0. The van der Waals surface area contributed by atoms with Crippen molar-refractivity contribution >= 4 is 5.69 Å². The number of para-hydroxylation sites is 1. The molecule has 0 bridgehead atoms. The zero-order chi connectivity index (χ0) is 12.1. The van der Waals surface area contributed by atoms with Gasteiger partial charge in [0.15, 0.2) is 0 Å². The molecule has 1 aromatic rings. The van der Waals surface area contributed by atoms with Gasteiger partial charge in [-0.25, -0.2) is 4.39 Å². The zero-order valence-corrected chi connectivity index (χ0v) is 10.3. The van der Waals surface area contributed by atoms with Crippen LogP contribution in [0, 0.1) is 5.82 Å². The predicted molar refractivity (Wildman–Crippen MR) is 69.8 cm³/mol. The highest BCUT2D eigenvalue weighted by molar-refractivity contribution is 5.55. The van der Waals surface area contributed by atoms with E-state index in [1.54, 1.807) is 12.1 Å². The minimum Gasteiger partial charge on any atom is -0.369 e. The average molecular weight is 236 g/mol. The molecule has 1 aliphatic heterocycles. The van der Waals surface area contributed by atoms with Crippen LogP contribution in [0.5, 0.6) is 0 Å². The maximum absolute atomic E-state index is 14.0. The van der Waals surface area contributed by atoms with Gasteiger partial charge >= 0.3 is 0 Å². The van der Waals surface area contributed by atoms with Gasteiger partial charge in [0, 0.05) is 13.1 Å². The number of hydrogen-bond donors (Lipinski definition) is 1. The van der Waals surface area contributed by atoms with Gasteiger partial charge in [-0.15, -0.1) is 0 Å². The first-order chi connectivity index (χ1) is 8.33. The Morgan fingerprint density at radius 2 is 1.82 bits per heavy atom. The van der Waals surface area contributed by atoms with E-state index in [9.17, 15) is 4.39 Å². The Balaban J connectivity index is 2.27. The van der Waals surface area contributed by atoms with Crippen LogP contribution in [0.2, 0.25) is 0 Å². The van der Waals surface area contributed by atoms with Crippen molar-refractivity contribution < 1.29 is 4.39 Å². The smallest absolute Gasteiger partial charge is 0.146 e. The van der Waals surface area contributed by atoms with Gasteiger partial charge < -0.3 is 10.6 Å². The SMILES string of the molecule is NCCc1cccc(F)c1N1CCCCCC1. The molecule has 0 atom stereocenters. The van der Waals surface area contributed by atoms with E-state index in [1.165, 1.54) is 12.8 Å². The Bertz CT molecular complexity index is 357. The molecule has 1 heterocycles. The van der Waals surface area contributed by atoms with E-state index in [0.29, 0.717) is 6.54 Å². The van der Waals surface area contributed by atoms with E-state index in [1.807, 2.05) is 6.07 Å². The van der Waals surface area contributed by atoms with Gasteiger partial charge in [0.1, 0.15) is 5.82 Å². The van der Waals surface area contributed by atoms with Crippen LogP contribution < -0.4 is 10.6 Å². The third-order valence-corrected chi connectivity index (χ3v) is 3.41. The van der Waals surface area contributed by atoms with E-state index < -0.39 is 0 Å². The quantitative estimate of drug-likeness (QED) is 0.874. The van der Waals surface area contributed by atoms with E-state index in [2.05, 4.69) is 4.90 Å². The number of benzene rings is 1. The van der Waals surface area contributed by atoms with Crippen LogP contribution in [-0.4, -0.2) is 19.6 Å². The zero-order valence-electron chi connectivity index (χ0n) is 10.3. The standard InChI is InChI=1S/C14H21FN2/c15-13-7-5-6-12(8-9-16)14(13)17-10-3-1-2-4-11-17/h5-7H,1-4,8-11,16H2. The maximum atomic E-state index is 14.0. The van der Waals surface area contributed by atoms with E-state index >= 15 is 0 Å².